The van der Waals surface area contributed by atoms with E-state index in [1.807, 2.05) is 61.5 Å². The van der Waals surface area contributed by atoms with Gasteiger partial charge >= 0.3 is 11.8 Å². The van der Waals surface area contributed by atoms with E-state index in [0.29, 0.717) is 5.69 Å². The number of carbonyl (C=O) groups excluding carboxylic acids is 2. The Morgan fingerprint density at radius 1 is 0.929 bits per heavy atom. The van der Waals surface area contributed by atoms with Crippen molar-refractivity contribution in [2.75, 3.05) is 26.0 Å². The Bertz CT molecular complexity index is 981. The van der Waals surface area contributed by atoms with Gasteiger partial charge in [0.2, 0.25) is 0 Å². The van der Waals surface area contributed by atoms with Crippen molar-refractivity contribution in [1.29, 1.82) is 0 Å². The van der Waals surface area contributed by atoms with Crippen molar-refractivity contribution in [2.24, 2.45) is 0 Å². The summed E-state index contributed by atoms with van der Waals surface area (Å²) < 4.78 is 12.9. The molecule has 0 aliphatic rings. The molecule has 3 aromatic carbocycles. The van der Waals surface area contributed by atoms with Crippen LogP contribution < -0.4 is 10.6 Å². The first kappa shape index (κ1) is 19.5. The van der Waals surface area contributed by atoms with Gasteiger partial charge in [-0.15, -0.1) is 0 Å². The van der Waals surface area contributed by atoms with E-state index in [-0.39, 0.29) is 12.6 Å². The summed E-state index contributed by atoms with van der Waals surface area (Å²) in [4.78, 5) is 26.3. The van der Waals surface area contributed by atoms with Crippen LogP contribution in [0.25, 0.3) is 10.8 Å². The summed E-state index contributed by atoms with van der Waals surface area (Å²) >= 11 is 0. The molecule has 1 atom stereocenters. The molecule has 2 N–H and O–H groups in total. The maximum Gasteiger partial charge on any atom is 0.313 e. The van der Waals surface area contributed by atoms with Gasteiger partial charge in [-0.05, 0) is 54.7 Å². The molecule has 5 nitrogen and oxygen atoms in total. The summed E-state index contributed by atoms with van der Waals surface area (Å²) in [6.07, 6.45) is 0. The van der Waals surface area contributed by atoms with Crippen LogP contribution in [0.3, 0.4) is 0 Å². The topological polar surface area (TPSA) is 61.4 Å². The first-order valence-corrected chi connectivity index (χ1v) is 8.94. The SMILES string of the molecule is CN(C)[C@@H](CNC(=O)C(=O)Nc1ccc(F)cc1)c1cccc2ccccc12. The van der Waals surface area contributed by atoms with Gasteiger partial charge in [0.15, 0.2) is 0 Å². The largest absolute Gasteiger partial charge is 0.346 e. The molecule has 0 bridgehead atoms. The minimum atomic E-state index is -0.790. The fourth-order valence-corrected chi connectivity index (χ4v) is 3.10. The van der Waals surface area contributed by atoms with Gasteiger partial charge in [-0.25, -0.2) is 4.39 Å². The Morgan fingerprint density at radius 2 is 1.61 bits per heavy atom. The van der Waals surface area contributed by atoms with Crippen molar-refractivity contribution in [3.8, 4) is 0 Å². The number of nitrogens with zero attached hydrogens (tertiary/aromatic N) is 1. The highest BCUT2D eigenvalue weighted by atomic mass is 19.1. The number of hydrogen-bond donors (Lipinski definition) is 2. The van der Waals surface area contributed by atoms with Crippen LogP contribution in [0.4, 0.5) is 10.1 Å². The van der Waals surface area contributed by atoms with Crippen LogP contribution in [0.1, 0.15) is 11.6 Å². The molecule has 6 heteroatoms. The van der Waals surface area contributed by atoms with Gasteiger partial charge in [0, 0.05) is 12.2 Å². The normalized spacial score (nSPS) is 12.0. The first-order valence-electron chi connectivity index (χ1n) is 8.94. The van der Waals surface area contributed by atoms with Crippen LogP contribution in [0.15, 0.2) is 66.7 Å². The fourth-order valence-electron chi connectivity index (χ4n) is 3.10. The summed E-state index contributed by atoms with van der Waals surface area (Å²) in [5, 5.41) is 7.38. The summed E-state index contributed by atoms with van der Waals surface area (Å²) in [5.41, 5.74) is 1.43. The smallest absolute Gasteiger partial charge is 0.313 e. The van der Waals surface area contributed by atoms with Crippen LogP contribution >= 0.6 is 0 Å². The third-order valence-corrected chi connectivity index (χ3v) is 4.57. The van der Waals surface area contributed by atoms with Crippen molar-refractivity contribution in [3.63, 3.8) is 0 Å². The van der Waals surface area contributed by atoms with Crippen LogP contribution in [-0.4, -0.2) is 37.4 Å². The molecule has 0 aliphatic heterocycles. The fraction of sp³-hybridized carbons (Fsp3) is 0.182. The number of nitrogens with one attached hydrogen (secondary N) is 2. The van der Waals surface area contributed by atoms with Crippen molar-refractivity contribution in [2.45, 2.75) is 6.04 Å². The van der Waals surface area contributed by atoms with Crippen LogP contribution in [-0.2, 0) is 9.59 Å². The number of halogens is 1. The summed E-state index contributed by atoms with van der Waals surface area (Å²) in [6.45, 7) is 0.274. The molecule has 0 aliphatic carbocycles. The number of amides is 2. The third kappa shape index (κ3) is 4.53. The number of fused-ring (bicyclic) bond motifs is 1. The van der Waals surface area contributed by atoms with E-state index in [1.54, 1.807) is 0 Å². The van der Waals surface area contributed by atoms with Crippen molar-refractivity contribution in [3.05, 3.63) is 78.1 Å². The van der Waals surface area contributed by atoms with E-state index in [9.17, 15) is 14.0 Å². The highest BCUT2D eigenvalue weighted by Gasteiger charge is 2.20. The summed E-state index contributed by atoms with van der Waals surface area (Å²) in [5.74, 6) is -1.94. The maximum atomic E-state index is 12.9. The molecule has 2 amide bonds. The Balaban J connectivity index is 1.70. The van der Waals surface area contributed by atoms with Gasteiger partial charge in [-0.1, -0.05) is 42.5 Å². The quantitative estimate of drug-likeness (QED) is 0.669. The van der Waals surface area contributed by atoms with Crippen molar-refractivity contribution in [1.82, 2.24) is 10.2 Å². The molecular formula is C22H22FN3O2. The lowest BCUT2D eigenvalue weighted by Gasteiger charge is -2.26. The predicted octanol–water partition coefficient (Wildman–Crippen LogP) is 3.34. The molecule has 0 spiro atoms. The highest BCUT2D eigenvalue weighted by Crippen LogP contribution is 2.26. The third-order valence-electron chi connectivity index (χ3n) is 4.57. The Hall–Kier alpha value is -3.25. The van der Waals surface area contributed by atoms with E-state index in [0.717, 1.165) is 16.3 Å². The van der Waals surface area contributed by atoms with Crippen LogP contribution in [0.2, 0.25) is 0 Å². The zero-order valence-electron chi connectivity index (χ0n) is 15.8. The second-order valence-corrected chi connectivity index (χ2v) is 6.72. The number of carbonyl (C=O) groups is 2. The van der Waals surface area contributed by atoms with Gasteiger partial charge in [-0.3, -0.25) is 9.59 Å². The zero-order valence-corrected chi connectivity index (χ0v) is 15.8. The highest BCUT2D eigenvalue weighted by molar-refractivity contribution is 6.39. The molecule has 28 heavy (non-hydrogen) atoms. The van der Waals surface area contributed by atoms with E-state index in [1.165, 1.54) is 24.3 Å². The standard InChI is InChI=1S/C22H22FN3O2/c1-26(2)20(19-9-5-7-15-6-3-4-8-18(15)19)14-24-21(27)22(28)25-17-12-10-16(23)11-13-17/h3-13,20H,14H2,1-2H3,(H,24,27)(H,25,28)/t20-/m0/s1. The molecule has 3 rings (SSSR count). The lowest BCUT2D eigenvalue weighted by atomic mass is 9.98. The van der Waals surface area contributed by atoms with Crippen molar-refractivity contribution >= 4 is 28.3 Å². The maximum absolute atomic E-state index is 12.9. The Kier molecular flexibility index (Phi) is 6.01. The molecule has 3 aromatic rings. The predicted molar refractivity (Wildman–Crippen MR) is 108 cm³/mol. The Labute approximate surface area is 163 Å². The molecule has 0 fully saturated rings. The van der Waals surface area contributed by atoms with E-state index < -0.39 is 17.6 Å². The van der Waals surface area contributed by atoms with Gasteiger partial charge in [0.25, 0.3) is 0 Å². The molecule has 144 valence electrons. The van der Waals surface area contributed by atoms with E-state index in [4.69, 9.17) is 0 Å². The van der Waals surface area contributed by atoms with Gasteiger partial charge in [0.1, 0.15) is 5.82 Å². The van der Waals surface area contributed by atoms with Crippen LogP contribution in [0, 0.1) is 5.82 Å². The zero-order chi connectivity index (χ0) is 20.1. The second kappa shape index (κ2) is 8.63. The first-order chi connectivity index (χ1) is 13.5. The number of benzene rings is 3. The number of likely N-dealkylation sites (N-methyl/N-ethyl adjacent to an activating group) is 1. The van der Waals surface area contributed by atoms with Crippen molar-refractivity contribution < 1.29 is 14.0 Å². The molecule has 0 heterocycles. The lowest BCUT2D eigenvalue weighted by Crippen LogP contribution is -2.40. The van der Waals surface area contributed by atoms with Crippen LogP contribution in [0.5, 0.6) is 0 Å². The van der Waals surface area contributed by atoms with E-state index >= 15 is 0 Å². The molecular weight excluding hydrogens is 357 g/mol. The average Bonchev–Trinajstić information content (AvgIpc) is 2.69. The summed E-state index contributed by atoms with van der Waals surface area (Å²) in [7, 11) is 3.86. The molecule has 0 saturated carbocycles. The minimum absolute atomic E-state index is 0.103. The average molecular weight is 379 g/mol. The minimum Gasteiger partial charge on any atom is -0.346 e. The second-order valence-electron chi connectivity index (χ2n) is 6.72. The summed E-state index contributed by atoms with van der Waals surface area (Å²) in [6, 6.07) is 19.2. The molecule has 0 saturated heterocycles. The Morgan fingerprint density at radius 3 is 2.32 bits per heavy atom. The number of hydrogen-bond acceptors (Lipinski definition) is 3. The van der Waals surface area contributed by atoms with Gasteiger partial charge in [0.05, 0.1) is 6.04 Å². The number of rotatable bonds is 5. The monoisotopic (exact) mass is 379 g/mol. The van der Waals surface area contributed by atoms with Gasteiger partial charge in [-0.2, -0.15) is 0 Å². The molecule has 0 aromatic heterocycles. The molecule has 0 radical (unpaired) electrons. The van der Waals surface area contributed by atoms with Gasteiger partial charge < -0.3 is 15.5 Å². The van der Waals surface area contributed by atoms with E-state index in [2.05, 4.69) is 10.6 Å². The lowest BCUT2D eigenvalue weighted by molar-refractivity contribution is -0.136. The number of anilines is 1. The molecule has 0 unspecified atom stereocenters.